The lowest BCUT2D eigenvalue weighted by molar-refractivity contribution is -0.143. The van der Waals surface area contributed by atoms with Crippen molar-refractivity contribution in [2.75, 3.05) is 19.6 Å². The Bertz CT molecular complexity index is 362. The van der Waals surface area contributed by atoms with Gasteiger partial charge in [0, 0.05) is 19.6 Å². The van der Waals surface area contributed by atoms with Gasteiger partial charge in [0.05, 0.1) is 11.3 Å². The molecule has 2 amide bonds. The van der Waals surface area contributed by atoms with Crippen LogP contribution in [0.3, 0.4) is 0 Å². The zero-order valence-corrected chi connectivity index (χ0v) is 11.7. The molecule has 0 spiro atoms. The van der Waals surface area contributed by atoms with Crippen LogP contribution in [-0.2, 0) is 9.59 Å². The van der Waals surface area contributed by atoms with E-state index in [1.807, 2.05) is 0 Å². The summed E-state index contributed by atoms with van der Waals surface area (Å²) in [6.07, 6.45) is 4.58. The van der Waals surface area contributed by atoms with Crippen LogP contribution in [0, 0.1) is 17.3 Å². The first-order valence-corrected chi connectivity index (χ1v) is 7.27. The van der Waals surface area contributed by atoms with E-state index in [0.29, 0.717) is 32.0 Å². The van der Waals surface area contributed by atoms with Crippen LogP contribution in [0.4, 0.5) is 0 Å². The molecule has 108 valence electrons. The van der Waals surface area contributed by atoms with Crippen LogP contribution >= 0.6 is 0 Å². The van der Waals surface area contributed by atoms with Gasteiger partial charge in [0.25, 0.3) is 0 Å². The van der Waals surface area contributed by atoms with Gasteiger partial charge >= 0.3 is 0 Å². The molecule has 5 nitrogen and oxygen atoms in total. The van der Waals surface area contributed by atoms with E-state index in [4.69, 9.17) is 11.5 Å². The van der Waals surface area contributed by atoms with Crippen LogP contribution in [-0.4, -0.2) is 36.3 Å². The predicted molar refractivity (Wildman–Crippen MR) is 73.0 cm³/mol. The lowest BCUT2D eigenvalue weighted by atomic mass is 9.70. The molecule has 0 bridgehead atoms. The van der Waals surface area contributed by atoms with E-state index >= 15 is 0 Å². The van der Waals surface area contributed by atoms with Crippen molar-refractivity contribution in [3.8, 4) is 0 Å². The molecule has 2 rings (SSSR count). The second-order valence-electron chi connectivity index (χ2n) is 6.31. The van der Waals surface area contributed by atoms with Crippen molar-refractivity contribution in [1.29, 1.82) is 0 Å². The maximum absolute atomic E-state index is 12.7. The van der Waals surface area contributed by atoms with Gasteiger partial charge in [-0.25, -0.2) is 0 Å². The normalized spacial score (nSPS) is 35.4. The van der Waals surface area contributed by atoms with E-state index in [0.717, 1.165) is 25.7 Å². The first-order valence-electron chi connectivity index (χ1n) is 7.27. The molecule has 1 heterocycles. The van der Waals surface area contributed by atoms with Crippen LogP contribution in [0.1, 0.15) is 39.0 Å². The van der Waals surface area contributed by atoms with Crippen molar-refractivity contribution in [1.82, 2.24) is 4.90 Å². The third kappa shape index (κ3) is 2.76. The van der Waals surface area contributed by atoms with Crippen molar-refractivity contribution in [2.45, 2.75) is 39.0 Å². The number of carbonyl (C=O) groups is 2. The quantitative estimate of drug-likeness (QED) is 0.779. The van der Waals surface area contributed by atoms with Gasteiger partial charge in [0.15, 0.2) is 0 Å². The minimum absolute atomic E-state index is 0.144. The average Bonchev–Trinajstić information content (AvgIpc) is 2.89. The van der Waals surface area contributed by atoms with Gasteiger partial charge in [0.2, 0.25) is 11.8 Å². The minimum atomic E-state index is -0.390. The Kier molecular flexibility index (Phi) is 4.13. The largest absolute Gasteiger partial charge is 0.369 e. The topological polar surface area (TPSA) is 89.4 Å². The molecule has 2 fully saturated rings. The van der Waals surface area contributed by atoms with Crippen LogP contribution in [0.25, 0.3) is 0 Å². The van der Waals surface area contributed by atoms with E-state index in [2.05, 4.69) is 6.92 Å². The molecule has 1 saturated carbocycles. The van der Waals surface area contributed by atoms with Crippen LogP contribution in [0.2, 0.25) is 0 Å². The van der Waals surface area contributed by atoms with E-state index < -0.39 is 0 Å². The fourth-order valence-electron chi connectivity index (χ4n) is 3.33. The number of carbonyl (C=O) groups excluding carboxylic acids is 2. The van der Waals surface area contributed by atoms with Crippen molar-refractivity contribution in [2.24, 2.45) is 28.7 Å². The summed E-state index contributed by atoms with van der Waals surface area (Å²) in [6, 6.07) is 0. The second kappa shape index (κ2) is 5.49. The Balaban J connectivity index is 2.04. The molecule has 1 atom stereocenters. The van der Waals surface area contributed by atoms with Crippen LogP contribution in [0.15, 0.2) is 0 Å². The molecule has 0 aromatic rings. The van der Waals surface area contributed by atoms with Crippen molar-refractivity contribution in [3.63, 3.8) is 0 Å². The molecule has 1 aliphatic heterocycles. The van der Waals surface area contributed by atoms with Crippen LogP contribution < -0.4 is 11.5 Å². The van der Waals surface area contributed by atoms with Gasteiger partial charge in [-0.2, -0.15) is 0 Å². The number of rotatable bonds is 3. The summed E-state index contributed by atoms with van der Waals surface area (Å²) < 4.78 is 0. The zero-order chi connectivity index (χ0) is 14.0. The van der Waals surface area contributed by atoms with E-state index in [1.54, 1.807) is 4.90 Å². The van der Waals surface area contributed by atoms with Gasteiger partial charge < -0.3 is 16.4 Å². The van der Waals surface area contributed by atoms with Crippen molar-refractivity contribution < 1.29 is 9.59 Å². The summed E-state index contributed by atoms with van der Waals surface area (Å²) in [5.41, 5.74) is 10.8. The Morgan fingerprint density at radius 2 is 1.89 bits per heavy atom. The van der Waals surface area contributed by atoms with E-state index in [9.17, 15) is 9.59 Å². The summed E-state index contributed by atoms with van der Waals surface area (Å²) in [6.45, 7) is 3.76. The molecular weight excluding hydrogens is 242 g/mol. The Morgan fingerprint density at radius 1 is 1.26 bits per heavy atom. The highest BCUT2D eigenvalue weighted by molar-refractivity contribution is 5.85. The van der Waals surface area contributed by atoms with Gasteiger partial charge in [-0.15, -0.1) is 0 Å². The van der Waals surface area contributed by atoms with E-state index in [-0.39, 0.29) is 23.1 Å². The predicted octanol–water partition coefficient (Wildman–Crippen LogP) is 0.475. The first-order chi connectivity index (χ1) is 8.98. The Morgan fingerprint density at radius 3 is 2.37 bits per heavy atom. The van der Waals surface area contributed by atoms with E-state index in [1.165, 1.54) is 0 Å². The molecule has 1 saturated heterocycles. The highest BCUT2D eigenvalue weighted by atomic mass is 16.2. The van der Waals surface area contributed by atoms with Crippen LogP contribution in [0.5, 0.6) is 0 Å². The second-order valence-corrected chi connectivity index (χ2v) is 6.31. The number of likely N-dealkylation sites (tertiary alicyclic amines) is 1. The summed E-state index contributed by atoms with van der Waals surface area (Å²) in [7, 11) is 0. The first kappa shape index (κ1) is 14.3. The monoisotopic (exact) mass is 267 g/mol. The van der Waals surface area contributed by atoms with Crippen molar-refractivity contribution in [3.05, 3.63) is 0 Å². The Labute approximate surface area is 114 Å². The van der Waals surface area contributed by atoms with Gasteiger partial charge in [-0.3, -0.25) is 9.59 Å². The molecule has 0 radical (unpaired) electrons. The lowest BCUT2D eigenvalue weighted by Crippen LogP contribution is -2.49. The summed E-state index contributed by atoms with van der Waals surface area (Å²) in [5.74, 6) is 0.353. The average molecular weight is 267 g/mol. The van der Waals surface area contributed by atoms with Gasteiger partial charge in [0.1, 0.15) is 0 Å². The molecule has 2 aliphatic rings. The fraction of sp³-hybridized carbons (Fsp3) is 0.857. The molecule has 0 aromatic heterocycles. The molecular formula is C14H25N3O2. The lowest BCUT2D eigenvalue weighted by Gasteiger charge is -2.39. The molecule has 1 unspecified atom stereocenters. The highest BCUT2D eigenvalue weighted by Gasteiger charge is 2.44. The maximum atomic E-state index is 12.7. The molecule has 0 aromatic carbocycles. The molecule has 1 aliphatic carbocycles. The fourth-order valence-corrected chi connectivity index (χ4v) is 3.33. The number of nitrogens with two attached hydrogens (primary N) is 2. The third-order valence-corrected chi connectivity index (χ3v) is 4.95. The summed E-state index contributed by atoms with van der Waals surface area (Å²) in [5, 5.41) is 0. The SMILES string of the molecule is CC1CCC(CN)(C(=O)N2CCC(C(N)=O)C2)CC1. The van der Waals surface area contributed by atoms with Gasteiger partial charge in [-0.1, -0.05) is 6.92 Å². The maximum Gasteiger partial charge on any atom is 0.230 e. The third-order valence-electron chi connectivity index (χ3n) is 4.95. The van der Waals surface area contributed by atoms with Crippen molar-refractivity contribution >= 4 is 11.8 Å². The summed E-state index contributed by atoms with van der Waals surface area (Å²) >= 11 is 0. The smallest absolute Gasteiger partial charge is 0.230 e. The number of primary amides is 1. The standard InChI is InChI=1S/C14H25N3O2/c1-10-2-5-14(9-15,6-3-10)13(19)17-7-4-11(8-17)12(16)18/h10-11H,2-9,15H2,1H3,(H2,16,18). The number of hydrogen-bond acceptors (Lipinski definition) is 3. The number of hydrogen-bond donors (Lipinski definition) is 2. The number of nitrogens with zero attached hydrogens (tertiary/aromatic N) is 1. The molecule has 5 heteroatoms. The molecule has 4 N–H and O–H groups in total. The minimum Gasteiger partial charge on any atom is -0.369 e. The zero-order valence-electron chi connectivity index (χ0n) is 11.7. The van der Waals surface area contributed by atoms with Gasteiger partial charge in [-0.05, 0) is 38.0 Å². The summed E-state index contributed by atoms with van der Waals surface area (Å²) in [4.78, 5) is 25.7. The number of amides is 2. The highest BCUT2D eigenvalue weighted by Crippen LogP contribution is 2.40. The molecule has 19 heavy (non-hydrogen) atoms. The Hall–Kier alpha value is -1.10.